The number of hydrogen-bond donors (Lipinski definition) is 1. The molecular weight excluding hydrogens is 335 g/mol. The van der Waals surface area contributed by atoms with Crippen LogP contribution >= 0.6 is 0 Å². The Bertz CT molecular complexity index is 862. The van der Waals surface area contributed by atoms with Gasteiger partial charge in [-0.05, 0) is 42.5 Å². The average molecular weight is 355 g/mol. The lowest BCUT2D eigenvalue weighted by Crippen LogP contribution is -3.13. The van der Waals surface area contributed by atoms with E-state index in [4.69, 9.17) is 4.74 Å². The molecule has 1 aliphatic carbocycles. The molecule has 1 N–H and O–H groups in total. The molecule has 1 amide bonds. The molecule has 1 unspecified atom stereocenters. The van der Waals surface area contributed by atoms with E-state index < -0.39 is 17.5 Å². The van der Waals surface area contributed by atoms with Crippen LogP contribution in [0.5, 0.6) is 5.75 Å². The molecule has 0 radical (unpaired) electrons. The maximum absolute atomic E-state index is 13.4. The first-order valence-electron chi connectivity index (χ1n) is 8.70. The number of fused-ring (bicyclic) bond motifs is 1. The highest BCUT2D eigenvalue weighted by Gasteiger charge is 2.41. The van der Waals surface area contributed by atoms with Gasteiger partial charge in [0, 0.05) is 18.4 Å². The molecule has 1 fully saturated rings. The molecule has 5 nitrogen and oxygen atoms in total. The summed E-state index contributed by atoms with van der Waals surface area (Å²) >= 11 is 0. The van der Waals surface area contributed by atoms with E-state index in [2.05, 4.69) is 0 Å². The van der Waals surface area contributed by atoms with Gasteiger partial charge in [0.25, 0.3) is 5.78 Å². The van der Waals surface area contributed by atoms with Crippen LogP contribution < -0.4 is 14.5 Å². The molecule has 1 heterocycles. The number of amides is 1. The van der Waals surface area contributed by atoms with E-state index in [1.54, 1.807) is 7.11 Å². The molecule has 0 aromatic heterocycles. The Labute approximate surface area is 151 Å². The number of benzene rings is 2. The van der Waals surface area contributed by atoms with Gasteiger partial charge in [0.15, 0.2) is 6.67 Å². The molecule has 2 aromatic carbocycles. The van der Waals surface area contributed by atoms with Crippen LogP contribution in [0.4, 0.5) is 10.1 Å². The number of anilines is 1. The number of nitrogens with zero attached hydrogens (tertiary/aromatic N) is 1. The molecule has 4 rings (SSSR count). The van der Waals surface area contributed by atoms with E-state index in [-0.39, 0.29) is 5.56 Å². The molecule has 26 heavy (non-hydrogen) atoms. The van der Waals surface area contributed by atoms with Gasteiger partial charge in [0.2, 0.25) is 0 Å². The van der Waals surface area contributed by atoms with Gasteiger partial charge in [-0.25, -0.2) is 4.39 Å². The number of carbonyl (C=O) groups is 2. The van der Waals surface area contributed by atoms with Crippen molar-refractivity contribution >= 4 is 17.4 Å². The fourth-order valence-electron chi connectivity index (χ4n) is 3.46. The van der Waals surface area contributed by atoms with E-state index in [0.717, 1.165) is 36.8 Å². The van der Waals surface area contributed by atoms with Crippen LogP contribution in [0.3, 0.4) is 0 Å². The highest BCUT2D eigenvalue weighted by Crippen LogP contribution is 2.29. The quantitative estimate of drug-likeness (QED) is 0.801. The summed E-state index contributed by atoms with van der Waals surface area (Å²) in [6.45, 7) is 1.16. The second-order valence-corrected chi connectivity index (χ2v) is 6.84. The van der Waals surface area contributed by atoms with Crippen molar-refractivity contribution in [3.05, 3.63) is 59.4 Å². The topological polar surface area (TPSA) is 51.1 Å². The van der Waals surface area contributed by atoms with E-state index in [1.165, 1.54) is 21.9 Å². The Balaban J connectivity index is 1.55. The van der Waals surface area contributed by atoms with E-state index >= 15 is 0 Å². The van der Waals surface area contributed by atoms with Gasteiger partial charge in [-0.1, -0.05) is 0 Å². The normalized spacial score (nSPS) is 17.4. The van der Waals surface area contributed by atoms with Crippen LogP contribution in [0.2, 0.25) is 0 Å². The zero-order valence-corrected chi connectivity index (χ0v) is 14.5. The van der Waals surface area contributed by atoms with Crippen molar-refractivity contribution in [2.24, 2.45) is 0 Å². The van der Waals surface area contributed by atoms with Gasteiger partial charge in [-0.15, -0.1) is 0 Å². The van der Waals surface area contributed by atoms with Crippen molar-refractivity contribution in [2.75, 3.05) is 18.7 Å². The molecule has 2 aromatic rings. The summed E-state index contributed by atoms with van der Waals surface area (Å²) in [5, 5.41) is 0. The van der Waals surface area contributed by atoms with Crippen molar-refractivity contribution in [3.63, 3.8) is 0 Å². The van der Waals surface area contributed by atoms with Gasteiger partial charge in [0.1, 0.15) is 18.1 Å². The lowest BCUT2D eigenvalue weighted by atomic mass is 10.1. The monoisotopic (exact) mass is 355 g/mol. The minimum Gasteiger partial charge on any atom is -0.497 e. The summed E-state index contributed by atoms with van der Waals surface area (Å²) in [5.74, 6) is -0.896. The Kier molecular flexibility index (Phi) is 4.20. The predicted octanol–water partition coefficient (Wildman–Crippen LogP) is 1.57. The summed E-state index contributed by atoms with van der Waals surface area (Å²) in [4.78, 5) is 27.3. The zero-order chi connectivity index (χ0) is 18.3. The first-order chi connectivity index (χ1) is 12.6. The summed E-state index contributed by atoms with van der Waals surface area (Å²) in [7, 11) is 1.63. The van der Waals surface area contributed by atoms with Crippen molar-refractivity contribution in [1.82, 2.24) is 0 Å². The van der Waals surface area contributed by atoms with Crippen LogP contribution in [-0.2, 0) is 11.3 Å². The largest absolute Gasteiger partial charge is 0.497 e. The summed E-state index contributed by atoms with van der Waals surface area (Å²) in [6.07, 6.45) is 2.22. The lowest BCUT2D eigenvalue weighted by molar-refractivity contribution is -0.923. The molecule has 1 aliphatic heterocycles. The smallest absolute Gasteiger partial charge is 0.303 e. The van der Waals surface area contributed by atoms with Crippen LogP contribution in [0.1, 0.15) is 28.8 Å². The van der Waals surface area contributed by atoms with Gasteiger partial charge in [0.05, 0.1) is 24.4 Å². The van der Waals surface area contributed by atoms with Crippen molar-refractivity contribution in [1.29, 1.82) is 0 Å². The lowest BCUT2D eigenvalue weighted by Gasteiger charge is -2.25. The zero-order valence-electron chi connectivity index (χ0n) is 14.5. The predicted molar refractivity (Wildman–Crippen MR) is 93.8 cm³/mol. The van der Waals surface area contributed by atoms with E-state index in [1.807, 2.05) is 24.3 Å². The van der Waals surface area contributed by atoms with E-state index in [9.17, 15) is 14.0 Å². The Morgan fingerprint density at radius 2 is 1.88 bits per heavy atom. The number of ether oxygens (including phenoxy) is 1. The van der Waals surface area contributed by atoms with Gasteiger partial charge >= 0.3 is 5.91 Å². The number of hydrogen-bond acceptors (Lipinski definition) is 3. The maximum Gasteiger partial charge on any atom is 0.303 e. The molecule has 134 valence electrons. The molecular formula is C20H20FN2O3+. The van der Waals surface area contributed by atoms with E-state index in [0.29, 0.717) is 18.4 Å². The highest BCUT2D eigenvalue weighted by atomic mass is 19.1. The molecule has 6 heteroatoms. The third-order valence-electron chi connectivity index (χ3n) is 5.04. The van der Waals surface area contributed by atoms with Crippen LogP contribution in [0, 0.1) is 5.82 Å². The fourth-order valence-corrected chi connectivity index (χ4v) is 3.46. The second-order valence-electron chi connectivity index (χ2n) is 6.84. The number of Topliss-reactive ketones (excluding diaryl/α,β-unsaturated/α-hetero) is 1. The SMILES string of the molecule is COc1ccc(C[NH+](CN2C(=O)C(=O)c3cc(F)ccc32)C2CC2)cc1. The Morgan fingerprint density at radius 1 is 1.15 bits per heavy atom. The third kappa shape index (κ3) is 3.08. The minimum atomic E-state index is -0.626. The summed E-state index contributed by atoms with van der Waals surface area (Å²) in [5.41, 5.74) is 1.81. The fraction of sp³-hybridized carbons (Fsp3) is 0.300. The number of nitrogens with one attached hydrogen (secondary N) is 1. The molecule has 1 saturated carbocycles. The average Bonchev–Trinajstić information content (AvgIpc) is 3.47. The van der Waals surface area contributed by atoms with Gasteiger partial charge < -0.3 is 9.64 Å². The van der Waals surface area contributed by atoms with Crippen molar-refractivity contribution < 1.29 is 23.6 Å². The van der Waals surface area contributed by atoms with Crippen molar-refractivity contribution in [3.8, 4) is 5.75 Å². The molecule has 0 spiro atoms. The number of quaternary nitrogens is 1. The van der Waals surface area contributed by atoms with Crippen molar-refractivity contribution in [2.45, 2.75) is 25.4 Å². The van der Waals surface area contributed by atoms with Gasteiger partial charge in [-0.3, -0.25) is 14.5 Å². The molecule has 1 atom stereocenters. The molecule has 0 saturated heterocycles. The number of halogens is 1. The van der Waals surface area contributed by atoms with Crippen LogP contribution in [0.25, 0.3) is 0 Å². The Morgan fingerprint density at radius 3 is 2.54 bits per heavy atom. The summed E-state index contributed by atoms with van der Waals surface area (Å²) in [6, 6.07) is 12.3. The van der Waals surface area contributed by atoms with Crippen LogP contribution in [0.15, 0.2) is 42.5 Å². The molecule has 0 bridgehead atoms. The minimum absolute atomic E-state index is 0.162. The summed E-state index contributed by atoms with van der Waals surface area (Å²) < 4.78 is 18.6. The number of ketones is 1. The van der Waals surface area contributed by atoms with Gasteiger partial charge in [-0.2, -0.15) is 0 Å². The second kappa shape index (κ2) is 6.53. The maximum atomic E-state index is 13.4. The highest BCUT2D eigenvalue weighted by molar-refractivity contribution is 6.52. The Hall–Kier alpha value is -2.73. The molecule has 2 aliphatic rings. The number of rotatable bonds is 6. The number of methoxy groups -OCH3 is 1. The first-order valence-corrected chi connectivity index (χ1v) is 8.70. The third-order valence-corrected chi connectivity index (χ3v) is 5.04. The van der Waals surface area contributed by atoms with Crippen LogP contribution in [-0.4, -0.2) is 31.5 Å². The first kappa shape index (κ1) is 16.7. The standard InChI is InChI=1S/C20H19FN2O3/c1-26-16-7-2-13(3-8-16)11-22(15-5-6-15)12-23-18-9-4-14(21)10-17(18)19(24)20(23)25/h2-4,7-10,15H,5-6,11-12H2,1H3/p+1. The number of carbonyl (C=O) groups excluding carboxylic acids is 2.